The second-order valence-corrected chi connectivity index (χ2v) is 3.82. The molecule has 2 N–H and O–H groups in total. The Hall–Kier alpha value is -1.88. The Balaban J connectivity index is 2.25. The topological polar surface area (TPSA) is 61.3 Å². The van der Waals surface area contributed by atoms with Gasteiger partial charge in [-0.3, -0.25) is 0 Å². The van der Waals surface area contributed by atoms with E-state index in [-0.39, 0.29) is 11.7 Å². The maximum atomic E-state index is 12.9. The van der Waals surface area contributed by atoms with E-state index in [0.29, 0.717) is 19.6 Å². The summed E-state index contributed by atoms with van der Waals surface area (Å²) in [5.41, 5.74) is 7.99. The predicted octanol–water partition coefficient (Wildman–Crippen LogP) is 2.64. The average molecular weight is 250 g/mol. The van der Waals surface area contributed by atoms with Gasteiger partial charge in [0.15, 0.2) is 0 Å². The maximum absolute atomic E-state index is 12.9. The fourth-order valence-corrected chi connectivity index (χ4v) is 1.75. The summed E-state index contributed by atoms with van der Waals surface area (Å²) in [6, 6.07) is 6.08. The van der Waals surface area contributed by atoms with E-state index in [0.717, 1.165) is 16.8 Å². The quantitative estimate of drug-likeness (QED) is 0.829. The SMILES string of the molecule is CCOCCc1noc(N)c1-c1ccc(F)cc1. The van der Waals surface area contributed by atoms with Crippen molar-refractivity contribution in [2.75, 3.05) is 18.9 Å². The molecule has 0 radical (unpaired) electrons. The summed E-state index contributed by atoms with van der Waals surface area (Å²) in [5.74, 6) is -0.0438. The number of nitrogens with two attached hydrogens (primary N) is 1. The van der Waals surface area contributed by atoms with E-state index in [4.69, 9.17) is 15.0 Å². The minimum absolute atomic E-state index is 0.244. The van der Waals surface area contributed by atoms with Gasteiger partial charge in [-0.05, 0) is 24.6 Å². The lowest BCUT2D eigenvalue weighted by atomic mass is 10.0. The Morgan fingerprint density at radius 3 is 2.72 bits per heavy atom. The highest BCUT2D eigenvalue weighted by atomic mass is 19.1. The van der Waals surface area contributed by atoms with Crippen LogP contribution in [0.15, 0.2) is 28.8 Å². The average Bonchev–Trinajstić information content (AvgIpc) is 2.72. The first-order valence-electron chi connectivity index (χ1n) is 5.80. The zero-order valence-electron chi connectivity index (χ0n) is 10.1. The first-order chi connectivity index (χ1) is 8.72. The molecule has 4 nitrogen and oxygen atoms in total. The van der Waals surface area contributed by atoms with Crippen molar-refractivity contribution in [3.05, 3.63) is 35.8 Å². The highest BCUT2D eigenvalue weighted by molar-refractivity contribution is 5.74. The molecule has 0 aliphatic rings. The summed E-state index contributed by atoms with van der Waals surface area (Å²) >= 11 is 0. The molecule has 5 heteroatoms. The summed E-state index contributed by atoms with van der Waals surface area (Å²) in [4.78, 5) is 0. The van der Waals surface area contributed by atoms with E-state index in [1.54, 1.807) is 12.1 Å². The predicted molar refractivity (Wildman–Crippen MR) is 66.5 cm³/mol. The third-order valence-electron chi connectivity index (χ3n) is 2.61. The number of halogens is 1. The molecule has 18 heavy (non-hydrogen) atoms. The van der Waals surface area contributed by atoms with Crippen molar-refractivity contribution in [1.82, 2.24) is 5.16 Å². The van der Waals surface area contributed by atoms with Gasteiger partial charge in [-0.15, -0.1) is 0 Å². The number of benzene rings is 1. The lowest BCUT2D eigenvalue weighted by molar-refractivity contribution is 0.149. The van der Waals surface area contributed by atoms with Gasteiger partial charge in [0.25, 0.3) is 0 Å². The third kappa shape index (κ3) is 2.68. The van der Waals surface area contributed by atoms with Crippen molar-refractivity contribution in [2.24, 2.45) is 0 Å². The number of hydrogen-bond donors (Lipinski definition) is 1. The molecule has 0 aliphatic carbocycles. The van der Waals surface area contributed by atoms with Crippen molar-refractivity contribution in [1.29, 1.82) is 0 Å². The van der Waals surface area contributed by atoms with Crippen LogP contribution in [0.5, 0.6) is 0 Å². The standard InChI is InChI=1S/C13H15FN2O2/c1-2-17-8-7-11-12(13(15)18-16-11)9-3-5-10(14)6-4-9/h3-6H,2,7-8,15H2,1H3. The molecule has 0 aliphatic heterocycles. The van der Waals surface area contributed by atoms with Gasteiger partial charge in [-0.2, -0.15) is 0 Å². The Kier molecular flexibility index (Phi) is 3.94. The lowest BCUT2D eigenvalue weighted by Gasteiger charge is -2.03. The number of rotatable bonds is 5. The Morgan fingerprint density at radius 2 is 2.06 bits per heavy atom. The van der Waals surface area contributed by atoms with Gasteiger partial charge in [-0.25, -0.2) is 4.39 Å². The molecule has 0 saturated carbocycles. The van der Waals surface area contributed by atoms with Crippen LogP contribution < -0.4 is 5.73 Å². The minimum Gasteiger partial charge on any atom is -0.381 e. The minimum atomic E-state index is -0.287. The van der Waals surface area contributed by atoms with Crippen LogP contribution in [-0.2, 0) is 11.2 Å². The number of anilines is 1. The van der Waals surface area contributed by atoms with Gasteiger partial charge < -0.3 is 15.0 Å². The number of nitrogen functional groups attached to an aromatic ring is 1. The second-order valence-electron chi connectivity index (χ2n) is 3.82. The molecule has 0 atom stereocenters. The molecule has 0 bridgehead atoms. The van der Waals surface area contributed by atoms with Gasteiger partial charge in [0, 0.05) is 13.0 Å². The summed E-state index contributed by atoms with van der Waals surface area (Å²) in [7, 11) is 0. The summed E-state index contributed by atoms with van der Waals surface area (Å²) in [6.45, 7) is 3.13. The monoisotopic (exact) mass is 250 g/mol. The van der Waals surface area contributed by atoms with Crippen LogP contribution in [0.3, 0.4) is 0 Å². The van der Waals surface area contributed by atoms with E-state index in [1.165, 1.54) is 12.1 Å². The van der Waals surface area contributed by atoms with Crippen molar-refractivity contribution >= 4 is 5.88 Å². The van der Waals surface area contributed by atoms with E-state index in [2.05, 4.69) is 5.16 Å². The largest absolute Gasteiger partial charge is 0.381 e. The molecule has 1 heterocycles. The van der Waals surface area contributed by atoms with Gasteiger partial charge in [-0.1, -0.05) is 17.3 Å². The van der Waals surface area contributed by atoms with E-state index < -0.39 is 0 Å². The van der Waals surface area contributed by atoms with Crippen LogP contribution >= 0.6 is 0 Å². The molecular formula is C13H15FN2O2. The smallest absolute Gasteiger partial charge is 0.230 e. The van der Waals surface area contributed by atoms with Gasteiger partial charge in [0.2, 0.25) is 5.88 Å². The molecule has 1 aromatic heterocycles. The van der Waals surface area contributed by atoms with Crippen molar-refractivity contribution in [2.45, 2.75) is 13.3 Å². The number of nitrogens with zero attached hydrogens (tertiary/aromatic N) is 1. The molecule has 0 saturated heterocycles. The molecule has 96 valence electrons. The molecule has 0 unspecified atom stereocenters. The zero-order valence-corrected chi connectivity index (χ0v) is 10.1. The fourth-order valence-electron chi connectivity index (χ4n) is 1.75. The van der Waals surface area contributed by atoms with Crippen LogP contribution in [-0.4, -0.2) is 18.4 Å². The third-order valence-corrected chi connectivity index (χ3v) is 2.61. The molecule has 2 aromatic rings. The second kappa shape index (κ2) is 5.64. The highest BCUT2D eigenvalue weighted by Gasteiger charge is 2.15. The van der Waals surface area contributed by atoms with Crippen molar-refractivity contribution in [3.63, 3.8) is 0 Å². The first-order valence-corrected chi connectivity index (χ1v) is 5.80. The van der Waals surface area contributed by atoms with Gasteiger partial charge in [0.1, 0.15) is 5.82 Å². The Bertz CT molecular complexity index is 508. The maximum Gasteiger partial charge on any atom is 0.230 e. The van der Waals surface area contributed by atoms with Crippen LogP contribution in [0.25, 0.3) is 11.1 Å². The highest BCUT2D eigenvalue weighted by Crippen LogP contribution is 2.30. The summed E-state index contributed by atoms with van der Waals surface area (Å²) < 4.78 is 23.2. The van der Waals surface area contributed by atoms with Crippen molar-refractivity contribution in [3.8, 4) is 11.1 Å². The normalized spacial score (nSPS) is 10.8. The fraction of sp³-hybridized carbons (Fsp3) is 0.308. The summed E-state index contributed by atoms with van der Waals surface area (Å²) in [6.07, 6.45) is 0.612. The van der Waals surface area contributed by atoms with Crippen LogP contribution in [0.1, 0.15) is 12.6 Å². The van der Waals surface area contributed by atoms with Gasteiger partial charge in [0.05, 0.1) is 17.9 Å². The van der Waals surface area contributed by atoms with E-state index >= 15 is 0 Å². The molecule has 1 aromatic carbocycles. The van der Waals surface area contributed by atoms with Gasteiger partial charge >= 0.3 is 0 Å². The molecule has 0 amide bonds. The van der Waals surface area contributed by atoms with E-state index in [1.807, 2.05) is 6.92 Å². The van der Waals surface area contributed by atoms with Crippen LogP contribution in [0.4, 0.5) is 10.3 Å². The van der Waals surface area contributed by atoms with Crippen LogP contribution in [0.2, 0.25) is 0 Å². The zero-order chi connectivity index (χ0) is 13.0. The number of ether oxygens (including phenoxy) is 1. The molecular weight excluding hydrogens is 235 g/mol. The number of hydrogen-bond acceptors (Lipinski definition) is 4. The molecule has 0 spiro atoms. The lowest BCUT2D eigenvalue weighted by Crippen LogP contribution is -2.00. The van der Waals surface area contributed by atoms with Crippen molar-refractivity contribution < 1.29 is 13.7 Å². The number of aromatic nitrogens is 1. The first kappa shape index (κ1) is 12.6. The Morgan fingerprint density at radius 1 is 1.33 bits per heavy atom. The molecule has 0 fully saturated rings. The molecule has 2 rings (SSSR count). The van der Waals surface area contributed by atoms with E-state index in [9.17, 15) is 4.39 Å². The Labute approximate surface area is 105 Å². The summed E-state index contributed by atoms with van der Waals surface area (Å²) in [5, 5.41) is 3.91. The van der Waals surface area contributed by atoms with Crippen LogP contribution in [0, 0.1) is 5.82 Å².